The minimum absolute atomic E-state index is 0.616. The van der Waals surface area contributed by atoms with E-state index < -0.39 is 0 Å². The molecule has 0 saturated carbocycles. The summed E-state index contributed by atoms with van der Waals surface area (Å²) < 4.78 is 2.17. The molecule has 0 bridgehead atoms. The van der Waals surface area contributed by atoms with Gasteiger partial charge in [0.05, 0.1) is 5.69 Å². The number of nitrogens with zero attached hydrogens (tertiary/aromatic N) is 2. The maximum Gasteiger partial charge on any atom is 0.0624 e. The molecule has 0 aromatic carbocycles. The molecule has 110 valence electrons. The Morgan fingerprint density at radius 3 is 2.53 bits per heavy atom. The van der Waals surface area contributed by atoms with Gasteiger partial charge in [0.15, 0.2) is 0 Å². The summed E-state index contributed by atoms with van der Waals surface area (Å²) in [6, 6.07) is 2.90. The standard InChI is InChI=1S/C16H31N3/c1-6-10-17-16(8-3)13(5)11-15-12-14(7-2)18-19(15)9-4/h12-13,16-17H,6-11H2,1-5H3. The average molecular weight is 265 g/mol. The average Bonchev–Trinajstić information content (AvgIpc) is 2.81. The molecule has 0 saturated heterocycles. The zero-order valence-electron chi connectivity index (χ0n) is 13.4. The molecule has 0 aliphatic heterocycles. The van der Waals surface area contributed by atoms with Crippen LogP contribution in [0.1, 0.15) is 58.8 Å². The predicted molar refractivity (Wildman–Crippen MR) is 82.5 cm³/mol. The Bertz CT molecular complexity index is 357. The minimum Gasteiger partial charge on any atom is -0.314 e. The van der Waals surface area contributed by atoms with E-state index in [0.717, 1.165) is 25.9 Å². The van der Waals surface area contributed by atoms with Gasteiger partial charge in [-0.1, -0.05) is 27.7 Å². The highest BCUT2D eigenvalue weighted by atomic mass is 15.3. The SMILES string of the molecule is CCCNC(CC)C(C)Cc1cc(CC)nn1CC. The Labute approximate surface area is 118 Å². The van der Waals surface area contributed by atoms with Crippen molar-refractivity contribution in [3.8, 4) is 0 Å². The fourth-order valence-electron chi connectivity index (χ4n) is 2.68. The smallest absolute Gasteiger partial charge is 0.0624 e. The Kier molecular flexibility index (Phi) is 7.14. The molecule has 2 unspecified atom stereocenters. The fraction of sp³-hybridized carbons (Fsp3) is 0.812. The van der Waals surface area contributed by atoms with Crippen molar-refractivity contribution in [1.82, 2.24) is 15.1 Å². The van der Waals surface area contributed by atoms with E-state index >= 15 is 0 Å². The molecule has 0 spiro atoms. The van der Waals surface area contributed by atoms with Gasteiger partial charge in [-0.3, -0.25) is 4.68 Å². The second-order valence-corrected chi connectivity index (χ2v) is 5.45. The maximum atomic E-state index is 4.64. The van der Waals surface area contributed by atoms with Gasteiger partial charge in [0.1, 0.15) is 0 Å². The summed E-state index contributed by atoms with van der Waals surface area (Å²) in [5.41, 5.74) is 2.61. The van der Waals surface area contributed by atoms with Crippen molar-refractivity contribution in [3.63, 3.8) is 0 Å². The van der Waals surface area contributed by atoms with Gasteiger partial charge in [-0.2, -0.15) is 5.10 Å². The number of aryl methyl sites for hydroxylation is 2. The molecule has 1 rings (SSSR count). The minimum atomic E-state index is 0.616. The van der Waals surface area contributed by atoms with Gasteiger partial charge in [0.2, 0.25) is 0 Å². The first-order valence-electron chi connectivity index (χ1n) is 7.95. The summed E-state index contributed by atoms with van der Waals surface area (Å²) in [6.45, 7) is 13.3. The number of hydrogen-bond donors (Lipinski definition) is 1. The van der Waals surface area contributed by atoms with E-state index in [4.69, 9.17) is 0 Å². The van der Waals surface area contributed by atoms with Crippen LogP contribution in [0, 0.1) is 5.92 Å². The van der Waals surface area contributed by atoms with Crippen molar-refractivity contribution in [2.24, 2.45) is 5.92 Å². The highest BCUT2D eigenvalue weighted by molar-refractivity contribution is 5.11. The monoisotopic (exact) mass is 265 g/mol. The molecule has 0 fully saturated rings. The first kappa shape index (κ1) is 16.2. The van der Waals surface area contributed by atoms with Crippen molar-refractivity contribution in [2.45, 2.75) is 72.9 Å². The lowest BCUT2D eigenvalue weighted by atomic mass is 9.94. The Morgan fingerprint density at radius 1 is 1.26 bits per heavy atom. The number of aromatic nitrogens is 2. The summed E-state index contributed by atoms with van der Waals surface area (Å²) in [5.74, 6) is 0.656. The van der Waals surface area contributed by atoms with E-state index in [1.54, 1.807) is 0 Å². The lowest BCUT2D eigenvalue weighted by Gasteiger charge is -2.24. The van der Waals surface area contributed by atoms with E-state index in [9.17, 15) is 0 Å². The number of hydrogen-bond acceptors (Lipinski definition) is 2. The molecule has 0 aliphatic rings. The molecule has 19 heavy (non-hydrogen) atoms. The first-order valence-corrected chi connectivity index (χ1v) is 7.95. The second kappa shape index (κ2) is 8.36. The summed E-state index contributed by atoms with van der Waals surface area (Å²) >= 11 is 0. The van der Waals surface area contributed by atoms with Crippen LogP contribution in [-0.4, -0.2) is 22.4 Å². The first-order chi connectivity index (χ1) is 9.15. The third-order valence-electron chi connectivity index (χ3n) is 3.89. The van der Waals surface area contributed by atoms with Crippen molar-refractivity contribution in [1.29, 1.82) is 0 Å². The van der Waals surface area contributed by atoms with Crippen LogP contribution >= 0.6 is 0 Å². The molecule has 1 heterocycles. The second-order valence-electron chi connectivity index (χ2n) is 5.45. The van der Waals surface area contributed by atoms with Gasteiger partial charge in [-0.25, -0.2) is 0 Å². The predicted octanol–water partition coefficient (Wildman–Crippen LogP) is 3.42. The van der Waals surface area contributed by atoms with E-state index in [1.165, 1.54) is 24.2 Å². The molecule has 0 radical (unpaired) electrons. The van der Waals surface area contributed by atoms with Crippen LogP contribution in [0.15, 0.2) is 6.07 Å². The van der Waals surface area contributed by atoms with Gasteiger partial charge in [0.25, 0.3) is 0 Å². The zero-order valence-corrected chi connectivity index (χ0v) is 13.4. The molecule has 3 heteroatoms. The molecule has 3 nitrogen and oxygen atoms in total. The lowest BCUT2D eigenvalue weighted by molar-refractivity contribution is 0.357. The van der Waals surface area contributed by atoms with E-state index in [-0.39, 0.29) is 0 Å². The summed E-state index contributed by atoms with van der Waals surface area (Å²) in [5, 5.41) is 8.31. The maximum absolute atomic E-state index is 4.64. The molecular weight excluding hydrogens is 234 g/mol. The van der Waals surface area contributed by atoms with Crippen LogP contribution in [0.4, 0.5) is 0 Å². The van der Waals surface area contributed by atoms with Crippen molar-refractivity contribution < 1.29 is 0 Å². The molecule has 2 atom stereocenters. The summed E-state index contributed by atoms with van der Waals surface area (Å²) in [7, 11) is 0. The largest absolute Gasteiger partial charge is 0.314 e. The molecule has 1 N–H and O–H groups in total. The number of rotatable bonds is 9. The third-order valence-corrected chi connectivity index (χ3v) is 3.89. The fourth-order valence-corrected chi connectivity index (χ4v) is 2.68. The van der Waals surface area contributed by atoms with Gasteiger partial charge in [-0.15, -0.1) is 0 Å². The quantitative estimate of drug-likeness (QED) is 0.741. The Balaban J connectivity index is 2.68. The lowest BCUT2D eigenvalue weighted by Crippen LogP contribution is -2.36. The van der Waals surface area contributed by atoms with E-state index in [2.05, 4.69) is 55.8 Å². The van der Waals surface area contributed by atoms with Crippen LogP contribution in [0.2, 0.25) is 0 Å². The van der Waals surface area contributed by atoms with Gasteiger partial charge in [0, 0.05) is 18.3 Å². The Morgan fingerprint density at radius 2 is 2.00 bits per heavy atom. The molecular formula is C16H31N3. The topological polar surface area (TPSA) is 29.9 Å². The molecule has 1 aromatic heterocycles. The van der Waals surface area contributed by atoms with Crippen LogP contribution in [0.3, 0.4) is 0 Å². The third kappa shape index (κ3) is 4.64. The molecule has 0 amide bonds. The van der Waals surface area contributed by atoms with Crippen molar-refractivity contribution in [3.05, 3.63) is 17.5 Å². The van der Waals surface area contributed by atoms with Crippen molar-refractivity contribution in [2.75, 3.05) is 6.54 Å². The zero-order chi connectivity index (χ0) is 14.3. The normalized spacial score (nSPS) is 14.6. The highest BCUT2D eigenvalue weighted by Crippen LogP contribution is 2.16. The summed E-state index contributed by atoms with van der Waals surface area (Å²) in [6.07, 6.45) is 4.55. The van der Waals surface area contributed by atoms with Crippen LogP contribution in [0.5, 0.6) is 0 Å². The molecule has 1 aromatic rings. The van der Waals surface area contributed by atoms with E-state index in [1.807, 2.05) is 0 Å². The van der Waals surface area contributed by atoms with Crippen LogP contribution < -0.4 is 5.32 Å². The number of nitrogens with one attached hydrogen (secondary N) is 1. The van der Waals surface area contributed by atoms with Crippen LogP contribution in [0.25, 0.3) is 0 Å². The summed E-state index contributed by atoms with van der Waals surface area (Å²) in [4.78, 5) is 0. The Hall–Kier alpha value is -0.830. The van der Waals surface area contributed by atoms with E-state index in [0.29, 0.717) is 12.0 Å². The van der Waals surface area contributed by atoms with Gasteiger partial charge >= 0.3 is 0 Å². The van der Waals surface area contributed by atoms with Crippen LogP contribution in [-0.2, 0) is 19.4 Å². The van der Waals surface area contributed by atoms with Gasteiger partial charge < -0.3 is 5.32 Å². The van der Waals surface area contributed by atoms with Gasteiger partial charge in [-0.05, 0) is 51.1 Å². The molecule has 0 aliphatic carbocycles. The van der Waals surface area contributed by atoms with Crippen molar-refractivity contribution >= 4 is 0 Å². The highest BCUT2D eigenvalue weighted by Gasteiger charge is 2.17.